The van der Waals surface area contributed by atoms with Crippen molar-refractivity contribution in [1.82, 2.24) is 0 Å². The van der Waals surface area contributed by atoms with Crippen molar-refractivity contribution in [1.29, 1.82) is 0 Å². The first kappa shape index (κ1) is 30.2. The molecule has 0 amide bonds. The van der Waals surface area contributed by atoms with E-state index in [1.54, 1.807) is 0 Å². The molecule has 1 aromatic heterocycles. The highest BCUT2D eigenvalue weighted by molar-refractivity contribution is 7.26. The van der Waals surface area contributed by atoms with Crippen LogP contribution in [0.4, 0.5) is 17.1 Å². The minimum absolute atomic E-state index is 0.549. The van der Waals surface area contributed by atoms with E-state index in [1.165, 1.54) is 75.1 Å². The highest BCUT2D eigenvalue weighted by Crippen LogP contribution is 2.59. The number of thiophene rings is 1. The van der Waals surface area contributed by atoms with Crippen molar-refractivity contribution in [3.8, 4) is 11.1 Å². The molecule has 0 aliphatic heterocycles. The Bertz CT molecular complexity index is 2940. The van der Waals surface area contributed by atoms with Gasteiger partial charge >= 0.3 is 0 Å². The molecule has 0 radical (unpaired) electrons. The van der Waals surface area contributed by atoms with E-state index >= 15 is 0 Å². The monoisotopic (exact) mass is 691 g/mol. The standard InChI is InChI=1S/C51H33NS/c1-2-19-36(20-3-1)51(45-27-14-25-43-42-24-9-11-30-49(42)53-50(43)45)44-26-10-8-23-40(44)41-32-31-37(33-46(41)51)52(47-28-12-17-34-15-4-6-21-38(34)47)48-29-13-18-35-16-5-7-22-39(35)48/h1-33H. The largest absolute Gasteiger partial charge is 0.309 e. The summed E-state index contributed by atoms with van der Waals surface area (Å²) in [4.78, 5) is 2.49. The Hall–Kier alpha value is -6.48. The summed E-state index contributed by atoms with van der Waals surface area (Å²) in [5, 5.41) is 7.51. The van der Waals surface area contributed by atoms with Gasteiger partial charge in [0.2, 0.25) is 0 Å². The van der Waals surface area contributed by atoms with Crippen LogP contribution >= 0.6 is 11.3 Å². The summed E-state index contributed by atoms with van der Waals surface area (Å²) in [5.41, 5.74) is 10.7. The van der Waals surface area contributed by atoms with Crippen LogP contribution in [0.25, 0.3) is 52.8 Å². The lowest BCUT2D eigenvalue weighted by Crippen LogP contribution is -2.29. The van der Waals surface area contributed by atoms with Crippen LogP contribution < -0.4 is 4.90 Å². The lowest BCUT2D eigenvalue weighted by Gasteiger charge is -2.35. The second-order valence-corrected chi connectivity index (χ2v) is 15.1. The van der Waals surface area contributed by atoms with E-state index < -0.39 is 5.41 Å². The van der Waals surface area contributed by atoms with Gasteiger partial charge in [-0.2, -0.15) is 0 Å². The second-order valence-electron chi connectivity index (χ2n) is 14.0. The Labute approximate surface area is 312 Å². The number of hydrogen-bond donors (Lipinski definition) is 0. The van der Waals surface area contributed by atoms with E-state index in [-0.39, 0.29) is 0 Å². The van der Waals surface area contributed by atoms with E-state index in [1.807, 2.05) is 11.3 Å². The molecule has 1 heterocycles. The molecule has 9 aromatic carbocycles. The molecule has 0 N–H and O–H groups in total. The molecular formula is C51H33NS. The summed E-state index contributed by atoms with van der Waals surface area (Å²) >= 11 is 1.91. The van der Waals surface area contributed by atoms with Gasteiger partial charge in [0.15, 0.2) is 0 Å². The van der Waals surface area contributed by atoms with Crippen LogP contribution in [0.5, 0.6) is 0 Å². The molecule has 1 aliphatic rings. The van der Waals surface area contributed by atoms with Gasteiger partial charge in [-0.3, -0.25) is 0 Å². The molecule has 53 heavy (non-hydrogen) atoms. The Morgan fingerprint density at radius 1 is 0.377 bits per heavy atom. The molecule has 10 aromatic rings. The van der Waals surface area contributed by atoms with Crippen LogP contribution in [0.15, 0.2) is 200 Å². The predicted molar refractivity (Wildman–Crippen MR) is 226 cm³/mol. The summed E-state index contributed by atoms with van der Waals surface area (Å²) in [6, 6.07) is 74.2. The number of nitrogens with zero attached hydrogens (tertiary/aromatic N) is 1. The van der Waals surface area contributed by atoms with Gasteiger partial charge in [-0.15, -0.1) is 11.3 Å². The molecule has 2 heteroatoms. The van der Waals surface area contributed by atoms with E-state index in [9.17, 15) is 0 Å². The third kappa shape index (κ3) is 4.37. The summed E-state index contributed by atoms with van der Waals surface area (Å²) in [6.07, 6.45) is 0. The molecule has 0 saturated heterocycles. The molecule has 1 atom stereocenters. The highest BCUT2D eigenvalue weighted by Gasteiger charge is 2.47. The normalized spacial score (nSPS) is 14.9. The molecule has 248 valence electrons. The Morgan fingerprint density at radius 2 is 0.925 bits per heavy atom. The molecule has 11 rings (SSSR count). The van der Waals surface area contributed by atoms with Crippen LogP contribution in [0.3, 0.4) is 0 Å². The van der Waals surface area contributed by atoms with Crippen LogP contribution in [-0.4, -0.2) is 0 Å². The summed E-state index contributed by atoms with van der Waals surface area (Å²) < 4.78 is 2.65. The molecule has 1 aliphatic carbocycles. The fourth-order valence-corrected chi connectivity index (χ4v) is 10.4. The van der Waals surface area contributed by atoms with Gasteiger partial charge in [-0.05, 0) is 74.5 Å². The fraction of sp³-hybridized carbons (Fsp3) is 0.0196. The Kier molecular flexibility index (Phi) is 6.71. The van der Waals surface area contributed by atoms with Gasteiger partial charge < -0.3 is 4.90 Å². The van der Waals surface area contributed by atoms with E-state index in [4.69, 9.17) is 0 Å². The fourth-order valence-electron chi connectivity index (χ4n) is 9.11. The van der Waals surface area contributed by atoms with Crippen molar-refractivity contribution in [2.75, 3.05) is 4.90 Å². The second kappa shape index (κ2) is 11.8. The number of fused-ring (bicyclic) bond motifs is 8. The van der Waals surface area contributed by atoms with Gasteiger partial charge in [-0.25, -0.2) is 0 Å². The smallest absolute Gasteiger partial charge is 0.0728 e. The Balaban J connectivity index is 1.27. The zero-order valence-corrected chi connectivity index (χ0v) is 29.7. The van der Waals surface area contributed by atoms with E-state index in [0.29, 0.717) is 0 Å². The third-order valence-electron chi connectivity index (χ3n) is 11.3. The van der Waals surface area contributed by atoms with Crippen LogP contribution in [0.2, 0.25) is 0 Å². The van der Waals surface area contributed by atoms with Crippen molar-refractivity contribution >= 4 is 70.1 Å². The topological polar surface area (TPSA) is 3.24 Å². The van der Waals surface area contributed by atoms with Crippen molar-refractivity contribution in [2.24, 2.45) is 0 Å². The zero-order chi connectivity index (χ0) is 34.9. The summed E-state index contributed by atoms with van der Waals surface area (Å²) in [6.45, 7) is 0. The first-order valence-electron chi connectivity index (χ1n) is 18.3. The van der Waals surface area contributed by atoms with Crippen molar-refractivity contribution in [2.45, 2.75) is 5.41 Å². The summed E-state index contributed by atoms with van der Waals surface area (Å²) in [7, 11) is 0. The molecule has 0 fully saturated rings. The highest BCUT2D eigenvalue weighted by atomic mass is 32.1. The predicted octanol–water partition coefficient (Wildman–Crippen LogP) is 14.2. The molecule has 0 spiro atoms. The molecule has 1 nitrogen and oxygen atoms in total. The van der Waals surface area contributed by atoms with Crippen LogP contribution in [0.1, 0.15) is 22.3 Å². The Morgan fingerprint density at radius 3 is 1.68 bits per heavy atom. The van der Waals surface area contributed by atoms with Crippen molar-refractivity contribution in [3.05, 3.63) is 222 Å². The maximum atomic E-state index is 2.50. The SMILES string of the molecule is c1ccc(C2(c3cccc4c3sc3ccccc34)c3ccccc3-c3ccc(N(c4cccc5ccccc45)c4cccc5ccccc45)cc32)cc1. The molecule has 1 unspecified atom stereocenters. The van der Waals surface area contributed by atoms with Gasteiger partial charge in [0.1, 0.15) is 0 Å². The molecule has 0 saturated carbocycles. The summed E-state index contributed by atoms with van der Waals surface area (Å²) in [5.74, 6) is 0. The number of anilines is 3. The minimum Gasteiger partial charge on any atom is -0.309 e. The lowest BCUT2D eigenvalue weighted by atomic mass is 9.67. The zero-order valence-electron chi connectivity index (χ0n) is 28.9. The maximum Gasteiger partial charge on any atom is 0.0728 e. The average Bonchev–Trinajstić information content (AvgIpc) is 3.75. The quantitative estimate of drug-likeness (QED) is 0.174. The van der Waals surface area contributed by atoms with Gasteiger partial charge in [0, 0.05) is 36.6 Å². The maximum absolute atomic E-state index is 2.50. The van der Waals surface area contributed by atoms with Gasteiger partial charge in [-0.1, -0.05) is 170 Å². The first-order valence-corrected chi connectivity index (χ1v) is 19.1. The molecular weight excluding hydrogens is 659 g/mol. The lowest BCUT2D eigenvalue weighted by molar-refractivity contribution is 0.777. The van der Waals surface area contributed by atoms with Crippen molar-refractivity contribution < 1.29 is 0 Å². The van der Waals surface area contributed by atoms with Crippen LogP contribution in [0, 0.1) is 0 Å². The number of benzene rings is 9. The van der Waals surface area contributed by atoms with Gasteiger partial charge in [0.05, 0.1) is 16.8 Å². The first-order chi connectivity index (χ1) is 26.3. The average molecular weight is 692 g/mol. The van der Waals surface area contributed by atoms with Gasteiger partial charge in [0.25, 0.3) is 0 Å². The third-order valence-corrected chi connectivity index (χ3v) is 12.5. The molecule has 0 bridgehead atoms. The van der Waals surface area contributed by atoms with E-state index in [0.717, 1.165) is 17.1 Å². The minimum atomic E-state index is -0.549. The number of hydrogen-bond acceptors (Lipinski definition) is 2. The van der Waals surface area contributed by atoms with Crippen molar-refractivity contribution in [3.63, 3.8) is 0 Å². The number of rotatable bonds is 5. The van der Waals surface area contributed by atoms with Crippen LogP contribution in [-0.2, 0) is 5.41 Å². The van der Waals surface area contributed by atoms with E-state index in [2.05, 4.69) is 205 Å².